The Kier molecular flexibility index (Phi) is 140. The van der Waals surface area contributed by atoms with Crippen LogP contribution >= 0.6 is 0 Å². The van der Waals surface area contributed by atoms with Crippen molar-refractivity contribution in [2.24, 2.45) is 0 Å². The topological polar surface area (TPSA) is 0 Å². The predicted octanol–water partition coefficient (Wildman–Crippen LogP) is -1.57. The average Bonchev–Trinajstić information content (AvgIpc) is 0. The van der Waals surface area contributed by atoms with Gasteiger partial charge in [-0.25, -0.2) is 0 Å². The fraction of sp³-hybridized carbons (Fsp3) is 0. The van der Waals surface area contributed by atoms with E-state index < -0.39 is 0 Å². The quantitative estimate of drug-likeness (QED) is 0.439. The zero-order valence-corrected chi connectivity index (χ0v) is 6.84. The van der Waals surface area contributed by atoms with Crippen LogP contribution in [0.3, 0.4) is 0 Å². The van der Waals surface area contributed by atoms with E-state index in [9.17, 15) is 0 Å². The maximum Gasteiger partial charge on any atom is 0.187 e. The van der Waals surface area contributed by atoms with Gasteiger partial charge in [-0.1, -0.05) is 0 Å². The van der Waals surface area contributed by atoms with Crippen molar-refractivity contribution in [3.05, 3.63) is 0 Å². The molecule has 4 heavy (non-hydrogen) atoms. The van der Waals surface area contributed by atoms with E-state index in [1.54, 1.807) is 0 Å². The Morgan fingerprint density at radius 3 is 1.00 bits per heavy atom. The molecule has 0 unspecified atom stereocenters. The van der Waals surface area contributed by atoms with E-state index in [-0.39, 0.29) is 83.1 Å². The molecule has 0 saturated heterocycles. The van der Waals surface area contributed by atoms with Crippen LogP contribution in [0.2, 0.25) is 0 Å². The summed E-state index contributed by atoms with van der Waals surface area (Å²) >= 11 is 0. The Balaban J connectivity index is 0. The first-order valence-corrected chi connectivity index (χ1v) is 0. The van der Waals surface area contributed by atoms with Gasteiger partial charge in [0.2, 0.25) is 0 Å². The van der Waals surface area contributed by atoms with Gasteiger partial charge in [0.05, 0.1) is 0 Å². The molecular weight excluding hydrogens is 225 g/mol. The summed E-state index contributed by atoms with van der Waals surface area (Å²) in [4.78, 5) is 0. The smallest absolute Gasteiger partial charge is 0 e. The van der Waals surface area contributed by atoms with Crippen LogP contribution in [0.15, 0.2) is 0 Å². The predicted molar refractivity (Wildman–Crippen MR) is 15.7 cm³/mol. The summed E-state index contributed by atoms with van der Waals surface area (Å²) in [7, 11) is 0. The van der Waals surface area contributed by atoms with Crippen LogP contribution in [0.1, 0.15) is 0 Å². The van der Waals surface area contributed by atoms with Crippen molar-refractivity contribution >= 4 is 25.8 Å². The van der Waals surface area contributed by atoms with Crippen molar-refractivity contribution in [1.29, 1.82) is 0 Å². The Morgan fingerprint density at radius 2 is 1.00 bits per heavy atom. The van der Waals surface area contributed by atoms with Gasteiger partial charge in [0.25, 0.3) is 0 Å². The fourth-order valence-corrected chi connectivity index (χ4v) is 0. The monoisotopic (exact) mass is 228 g/mol. The summed E-state index contributed by atoms with van der Waals surface area (Å²) in [5, 5.41) is 0. The molecule has 4 heteroatoms. The summed E-state index contributed by atoms with van der Waals surface area (Å²) in [6.45, 7) is 0. The van der Waals surface area contributed by atoms with E-state index in [2.05, 4.69) is 0 Å². The summed E-state index contributed by atoms with van der Waals surface area (Å²) in [5.74, 6) is 0. The van der Waals surface area contributed by atoms with Crippen molar-refractivity contribution in [3.8, 4) is 0 Å². The first kappa shape index (κ1) is 31.4. The molecule has 0 aliphatic rings. The second-order valence-corrected chi connectivity index (χ2v) is 0. The SMILES string of the molecule is [AlH3].[B].[La].[Ti]. The molecule has 0 spiro atoms. The van der Waals surface area contributed by atoms with Gasteiger partial charge in [-0.3, -0.25) is 0 Å². The average molecular weight is 228 g/mol. The molecule has 4 radical (unpaired) electrons. The number of rotatable bonds is 0. The molecule has 0 saturated carbocycles. The van der Waals surface area contributed by atoms with Crippen LogP contribution in [-0.4, -0.2) is 25.8 Å². The number of hydrogen-bond donors (Lipinski definition) is 0. The first-order valence-electron chi connectivity index (χ1n) is 0. The molecule has 0 aromatic rings. The van der Waals surface area contributed by atoms with Gasteiger partial charge in [0.15, 0.2) is 17.4 Å². The maximum absolute atomic E-state index is 0. The van der Waals surface area contributed by atoms with Crippen LogP contribution in [0.5, 0.6) is 0 Å². The van der Waals surface area contributed by atoms with Crippen LogP contribution < -0.4 is 0 Å². The third-order valence-corrected chi connectivity index (χ3v) is 0. The van der Waals surface area contributed by atoms with E-state index in [1.165, 1.54) is 0 Å². The zero-order chi connectivity index (χ0) is 0. The Bertz CT molecular complexity index is 8.00. The van der Waals surface area contributed by atoms with E-state index in [1.807, 2.05) is 0 Å². The third-order valence-electron chi connectivity index (χ3n) is 0. The third kappa shape index (κ3) is 8.82. The summed E-state index contributed by atoms with van der Waals surface area (Å²) in [6.07, 6.45) is 0. The van der Waals surface area contributed by atoms with Crippen LogP contribution in [-0.2, 0) is 21.7 Å². The van der Waals surface area contributed by atoms with Crippen molar-refractivity contribution in [3.63, 3.8) is 0 Å². The molecule has 16 valence electrons. The largest absolute Gasteiger partial charge is 0.187 e. The van der Waals surface area contributed by atoms with Gasteiger partial charge in [0, 0.05) is 65.7 Å². The van der Waals surface area contributed by atoms with Crippen molar-refractivity contribution in [1.82, 2.24) is 0 Å². The molecule has 0 N–H and O–H groups in total. The Morgan fingerprint density at radius 1 is 1.00 bits per heavy atom. The normalized spacial score (nSPS) is 0. The van der Waals surface area contributed by atoms with Gasteiger partial charge in [-0.05, 0) is 0 Å². The second kappa shape index (κ2) is 17.8. The standard InChI is InChI=1S/Al.B.La.Ti.3H. The Labute approximate surface area is 81.7 Å². The van der Waals surface area contributed by atoms with Gasteiger partial charge in [0.1, 0.15) is 0 Å². The molecule has 0 amide bonds. The minimum absolute atomic E-state index is 0. The Hall–Kier alpha value is 2.51. The van der Waals surface area contributed by atoms with E-state index in [0.29, 0.717) is 0 Å². The maximum atomic E-state index is 0. The minimum Gasteiger partial charge on any atom is 0 e. The zero-order valence-electron chi connectivity index (χ0n) is 1.65. The van der Waals surface area contributed by atoms with Gasteiger partial charge in [-0.2, -0.15) is 0 Å². The van der Waals surface area contributed by atoms with Crippen molar-refractivity contribution in [2.75, 3.05) is 0 Å². The summed E-state index contributed by atoms with van der Waals surface area (Å²) in [6, 6.07) is 0. The molecule has 0 aromatic carbocycles. The molecule has 0 nitrogen and oxygen atoms in total. The van der Waals surface area contributed by atoms with E-state index in [0.717, 1.165) is 0 Å². The minimum atomic E-state index is 0. The molecule has 0 atom stereocenters. The van der Waals surface area contributed by atoms with Crippen molar-refractivity contribution in [2.45, 2.75) is 0 Å². The fourth-order valence-electron chi connectivity index (χ4n) is 0. The van der Waals surface area contributed by atoms with E-state index in [4.69, 9.17) is 0 Å². The number of hydrogen-bond acceptors (Lipinski definition) is 0. The molecule has 0 heterocycles. The first-order chi connectivity index (χ1) is 0. The summed E-state index contributed by atoms with van der Waals surface area (Å²) < 4.78 is 0. The van der Waals surface area contributed by atoms with Crippen molar-refractivity contribution < 1.29 is 57.3 Å². The van der Waals surface area contributed by atoms with Gasteiger partial charge in [-0.15, -0.1) is 0 Å². The van der Waals surface area contributed by atoms with Crippen LogP contribution in [0.25, 0.3) is 0 Å². The molecular formula is H3AlBLaTi. The molecule has 0 aliphatic heterocycles. The van der Waals surface area contributed by atoms with Gasteiger partial charge >= 0.3 is 0 Å². The van der Waals surface area contributed by atoms with Crippen LogP contribution in [0, 0.1) is 35.6 Å². The van der Waals surface area contributed by atoms with Gasteiger partial charge < -0.3 is 0 Å². The molecule has 0 aromatic heterocycles. The second-order valence-electron chi connectivity index (χ2n) is 0. The molecule has 0 rings (SSSR count). The molecule has 0 aliphatic carbocycles. The molecule has 0 fully saturated rings. The van der Waals surface area contributed by atoms with Crippen LogP contribution in [0.4, 0.5) is 0 Å². The molecule has 0 bridgehead atoms. The van der Waals surface area contributed by atoms with E-state index >= 15 is 0 Å². The summed E-state index contributed by atoms with van der Waals surface area (Å²) in [5.41, 5.74) is 0.